The van der Waals surface area contributed by atoms with Crippen LogP contribution < -0.4 is 5.32 Å². The molecule has 0 atom stereocenters. The summed E-state index contributed by atoms with van der Waals surface area (Å²) in [6.45, 7) is -0.509. The van der Waals surface area contributed by atoms with E-state index in [9.17, 15) is 13.6 Å². The van der Waals surface area contributed by atoms with E-state index in [4.69, 9.17) is 5.41 Å². The second-order valence-corrected chi connectivity index (χ2v) is 1.71. The van der Waals surface area contributed by atoms with E-state index in [-0.39, 0.29) is 5.57 Å². The smallest absolute Gasteiger partial charge is 0.255 e. The van der Waals surface area contributed by atoms with Crippen molar-refractivity contribution in [3.63, 3.8) is 0 Å². The Bertz CT molecular complexity index is 158. The Morgan fingerprint density at radius 2 is 2.27 bits per heavy atom. The number of rotatable bonds is 5. The number of aldehydes is 1. The number of hydrogen-bond acceptors (Lipinski definition) is 3. The molecule has 0 aliphatic heterocycles. The topological polar surface area (TPSA) is 53.0 Å². The second-order valence-electron chi connectivity index (χ2n) is 1.71. The van der Waals surface area contributed by atoms with Crippen molar-refractivity contribution in [2.24, 2.45) is 0 Å². The van der Waals surface area contributed by atoms with Crippen molar-refractivity contribution in [3.8, 4) is 0 Å². The summed E-state index contributed by atoms with van der Waals surface area (Å²) in [5.41, 5.74) is 0.0330. The van der Waals surface area contributed by atoms with Crippen LogP contribution >= 0.6 is 0 Å². The van der Waals surface area contributed by atoms with Crippen LogP contribution in [0.5, 0.6) is 0 Å². The molecule has 0 saturated heterocycles. The molecule has 0 radical (unpaired) electrons. The van der Waals surface area contributed by atoms with Gasteiger partial charge in [-0.15, -0.1) is 0 Å². The first-order valence-corrected chi connectivity index (χ1v) is 2.88. The number of alkyl halides is 2. The van der Waals surface area contributed by atoms with Crippen LogP contribution in [-0.4, -0.2) is 25.5 Å². The standard InChI is InChI=1S/C6H8F2N2O/c7-6(8)3-10-2-5(1-9)4-11/h1-2,4,6,9-10H,3H2/b5-2+,9-1?. The van der Waals surface area contributed by atoms with E-state index in [0.29, 0.717) is 6.29 Å². The minimum atomic E-state index is -2.45. The summed E-state index contributed by atoms with van der Waals surface area (Å²) in [4.78, 5) is 9.96. The van der Waals surface area contributed by atoms with Crippen LogP contribution in [0.3, 0.4) is 0 Å². The van der Waals surface area contributed by atoms with E-state index >= 15 is 0 Å². The zero-order valence-electron chi connectivity index (χ0n) is 5.68. The number of allylic oxidation sites excluding steroid dienone is 1. The molecule has 0 bridgehead atoms. The number of carbonyl (C=O) groups is 1. The second kappa shape index (κ2) is 5.52. The van der Waals surface area contributed by atoms with Crippen molar-refractivity contribution in [2.75, 3.05) is 6.54 Å². The lowest BCUT2D eigenvalue weighted by molar-refractivity contribution is -0.104. The van der Waals surface area contributed by atoms with Crippen molar-refractivity contribution in [1.82, 2.24) is 5.32 Å². The predicted octanol–water partition coefficient (Wildman–Crippen LogP) is 0.573. The molecule has 0 aliphatic carbocycles. The molecule has 0 spiro atoms. The predicted molar refractivity (Wildman–Crippen MR) is 36.9 cm³/mol. The van der Waals surface area contributed by atoms with Gasteiger partial charge in [0.25, 0.3) is 6.43 Å². The SMILES string of the molecule is N=C/C(C=O)=C\NCC(F)F. The average Bonchev–Trinajstić information content (AvgIpc) is 1.98. The van der Waals surface area contributed by atoms with E-state index < -0.39 is 13.0 Å². The van der Waals surface area contributed by atoms with Gasteiger partial charge in [-0.05, 0) is 0 Å². The highest BCUT2D eigenvalue weighted by Gasteiger charge is 1.97. The Labute approximate surface area is 62.6 Å². The van der Waals surface area contributed by atoms with Gasteiger partial charge in [0.05, 0.1) is 6.54 Å². The number of halogens is 2. The highest BCUT2D eigenvalue weighted by molar-refractivity contribution is 6.00. The molecule has 0 amide bonds. The lowest BCUT2D eigenvalue weighted by Crippen LogP contribution is -2.16. The minimum Gasteiger partial charge on any atom is -0.385 e. The fourth-order valence-electron chi connectivity index (χ4n) is 0.376. The highest BCUT2D eigenvalue weighted by Crippen LogP contribution is 1.88. The molecule has 0 unspecified atom stereocenters. The minimum absolute atomic E-state index is 0.0330. The van der Waals surface area contributed by atoms with Gasteiger partial charge in [-0.1, -0.05) is 0 Å². The summed E-state index contributed by atoms with van der Waals surface area (Å²) in [5, 5.41) is 8.79. The van der Waals surface area contributed by atoms with Gasteiger partial charge in [-0.25, -0.2) is 8.78 Å². The van der Waals surface area contributed by atoms with Gasteiger partial charge in [-0.3, -0.25) is 4.79 Å². The Hall–Kier alpha value is -1.26. The average molecular weight is 162 g/mol. The lowest BCUT2D eigenvalue weighted by atomic mass is 10.3. The summed E-state index contributed by atoms with van der Waals surface area (Å²) in [6, 6.07) is 0. The summed E-state index contributed by atoms with van der Waals surface area (Å²) in [7, 11) is 0. The molecule has 0 aliphatic rings. The van der Waals surface area contributed by atoms with Crippen LogP contribution in [0.1, 0.15) is 0 Å². The fraction of sp³-hybridized carbons (Fsp3) is 0.333. The molecular formula is C6H8F2N2O. The Morgan fingerprint density at radius 1 is 1.64 bits per heavy atom. The van der Waals surface area contributed by atoms with Gasteiger partial charge < -0.3 is 10.7 Å². The van der Waals surface area contributed by atoms with Crippen molar-refractivity contribution in [1.29, 1.82) is 5.41 Å². The first-order chi connectivity index (χ1) is 5.20. The van der Waals surface area contributed by atoms with Crippen LogP contribution in [0, 0.1) is 5.41 Å². The molecule has 0 rings (SSSR count). The van der Waals surface area contributed by atoms with Gasteiger partial charge in [0, 0.05) is 18.0 Å². The molecular weight excluding hydrogens is 154 g/mol. The van der Waals surface area contributed by atoms with E-state index in [1.165, 1.54) is 0 Å². The Morgan fingerprint density at radius 3 is 2.64 bits per heavy atom. The molecule has 0 heterocycles. The zero-order chi connectivity index (χ0) is 8.69. The van der Waals surface area contributed by atoms with E-state index in [0.717, 1.165) is 12.4 Å². The molecule has 0 aromatic heterocycles. The van der Waals surface area contributed by atoms with E-state index in [1.807, 2.05) is 0 Å². The molecule has 0 fully saturated rings. The number of nitrogens with one attached hydrogen (secondary N) is 2. The van der Waals surface area contributed by atoms with Gasteiger partial charge in [0.15, 0.2) is 6.29 Å². The van der Waals surface area contributed by atoms with E-state index in [1.54, 1.807) is 0 Å². The van der Waals surface area contributed by atoms with Crippen LogP contribution in [0.4, 0.5) is 8.78 Å². The van der Waals surface area contributed by atoms with Crippen LogP contribution in [-0.2, 0) is 4.79 Å². The zero-order valence-corrected chi connectivity index (χ0v) is 5.68. The molecule has 3 nitrogen and oxygen atoms in total. The van der Waals surface area contributed by atoms with Gasteiger partial charge in [0.2, 0.25) is 0 Å². The summed E-state index contributed by atoms with van der Waals surface area (Å²) in [5.74, 6) is 0. The molecule has 0 aromatic rings. The monoisotopic (exact) mass is 162 g/mol. The third kappa shape index (κ3) is 5.20. The molecule has 0 aromatic carbocycles. The molecule has 5 heteroatoms. The van der Waals surface area contributed by atoms with Crippen molar-refractivity contribution < 1.29 is 13.6 Å². The van der Waals surface area contributed by atoms with Crippen molar-refractivity contribution in [2.45, 2.75) is 6.43 Å². The molecule has 2 N–H and O–H groups in total. The third-order valence-electron chi connectivity index (χ3n) is 0.844. The fourth-order valence-corrected chi connectivity index (χ4v) is 0.376. The third-order valence-corrected chi connectivity index (χ3v) is 0.844. The van der Waals surface area contributed by atoms with Gasteiger partial charge in [-0.2, -0.15) is 0 Å². The first-order valence-electron chi connectivity index (χ1n) is 2.88. The summed E-state index contributed by atoms with van der Waals surface area (Å²) < 4.78 is 22.9. The highest BCUT2D eigenvalue weighted by atomic mass is 19.3. The first kappa shape index (κ1) is 9.74. The van der Waals surface area contributed by atoms with Crippen LogP contribution in [0.2, 0.25) is 0 Å². The van der Waals surface area contributed by atoms with Crippen molar-refractivity contribution in [3.05, 3.63) is 11.8 Å². The van der Waals surface area contributed by atoms with Crippen LogP contribution in [0.15, 0.2) is 11.8 Å². The number of hydrogen-bond donors (Lipinski definition) is 2. The summed E-state index contributed by atoms with van der Waals surface area (Å²) in [6.07, 6.45) is -0.187. The maximum atomic E-state index is 11.5. The Balaban J connectivity index is 3.70. The lowest BCUT2D eigenvalue weighted by Gasteiger charge is -1.97. The number of carbonyl (C=O) groups excluding carboxylic acids is 1. The Kier molecular flexibility index (Phi) is 4.89. The van der Waals surface area contributed by atoms with E-state index in [2.05, 4.69) is 5.32 Å². The molecule has 11 heavy (non-hydrogen) atoms. The maximum absolute atomic E-state index is 11.5. The van der Waals surface area contributed by atoms with Crippen LogP contribution in [0.25, 0.3) is 0 Å². The van der Waals surface area contributed by atoms with Gasteiger partial charge in [0.1, 0.15) is 0 Å². The maximum Gasteiger partial charge on any atom is 0.255 e. The molecule has 62 valence electrons. The largest absolute Gasteiger partial charge is 0.385 e. The summed E-state index contributed by atoms with van der Waals surface area (Å²) >= 11 is 0. The normalized spacial score (nSPS) is 11.4. The van der Waals surface area contributed by atoms with Gasteiger partial charge >= 0.3 is 0 Å². The quantitative estimate of drug-likeness (QED) is 0.353. The van der Waals surface area contributed by atoms with Crippen molar-refractivity contribution >= 4 is 12.5 Å². The molecule has 0 saturated carbocycles.